The van der Waals surface area contributed by atoms with Gasteiger partial charge in [-0.25, -0.2) is 4.98 Å². The number of aryl methyl sites for hydroxylation is 1. The zero-order valence-electron chi connectivity index (χ0n) is 13.3. The van der Waals surface area contributed by atoms with Crippen LogP contribution in [0.5, 0.6) is 0 Å². The lowest BCUT2D eigenvalue weighted by Gasteiger charge is -2.30. The number of hydrogen-bond donors (Lipinski definition) is 0. The van der Waals surface area contributed by atoms with Crippen molar-refractivity contribution in [2.24, 2.45) is 11.8 Å². The number of rotatable bonds is 3. The Bertz CT molecular complexity index is 629. The minimum absolute atomic E-state index is 0.0448. The quantitative estimate of drug-likeness (QED) is 0.687. The molecule has 3 heteroatoms. The molecule has 1 aliphatic rings. The van der Waals surface area contributed by atoms with E-state index in [4.69, 9.17) is 16.6 Å². The summed E-state index contributed by atoms with van der Waals surface area (Å²) in [6, 6.07) is 6.54. The average Bonchev–Trinajstić information content (AvgIpc) is 2.79. The molecule has 1 saturated carbocycles. The Morgan fingerprint density at radius 1 is 1.33 bits per heavy atom. The minimum Gasteiger partial charge on any atom is -0.326 e. The van der Waals surface area contributed by atoms with Gasteiger partial charge in [0.15, 0.2) is 0 Å². The zero-order chi connectivity index (χ0) is 15.0. The molecule has 0 bridgehead atoms. The fourth-order valence-electron chi connectivity index (χ4n) is 3.65. The molecule has 0 spiro atoms. The fourth-order valence-corrected chi connectivity index (χ4v) is 3.82. The van der Waals surface area contributed by atoms with Crippen LogP contribution >= 0.6 is 11.6 Å². The normalized spacial score (nSPS) is 24.4. The van der Waals surface area contributed by atoms with Gasteiger partial charge in [0.05, 0.1) is 16.4 Å². The Labute approximate surface area is 132 Å². The molecule has 2 nitrogen and oxygen atoms in total. The molecule has 21 heavy (non-hydrogen) atoms. The van der Waals surface area contributed by atoms with Gasteiger partial charge in [-0.3, -0.25) is 0 Å². The lowest BCUT2D eigenvalue weighted by Crippen LogP contribution is -2.23. The molecule has 0 amide bonds. The number of alkyl halides is 1. The topological polar surface area (TPSA) is 17.8 Å². The molecular formula is C18H25ClN2. The summed E-state index contributed by atoms with van der Waals surface area (Å²) in [6.45, 7) is 7.60. The molecule has 1 aliphatic carbocycles. The van der Waals surface area contributed by atoms with Crippen LogP contribution in [0, 0.1) is 18.8 Å². The number of hydrogen-bond acceptors (Lipinski definition) is 1. The molecule has 3 rings (SSSR count). The van der Waals surface area contributed by atoms with E-state index in [2.05, 4.69) is 36.6 Å². The standard InChI is InChI=1S/C18H25ClN2/c1-12-8-9-17-16(10-12)20-18(14(3)19)21(17)11-15-7-5-4-6-13(15)2/h8-10,13-15H,4-7,11H2,1-3H3. The highest BCUT2D eigenvalue weighted by Gasteiger charge is 2.24. The van der Waals surface area contributed by atoms with Crippen molar-refractivity contribution >= 4 is 22.6 Å². The molecule has 0 N–H and O–H groups in total. The number of benzene rings is 1. The maximum atomic E-state index is 6.39. The zero-order valence-corrected chi connectivity index (χ0v) is 14.0. The second kappa shape index (κ2) is 6.00. The van der Waals surface area contributed by atoms with Crippen molar-refractivity contribution < 1.29 is 0 Å². The predicted molar refractivity (Wildman–Crippen MR) is 89.9 cm³/mol. The summed E-state index contributed by atoms with van der Waals surface area (Å²) in [5.74, 6) is 2.58. The average molecular weight is 305 g/mol. The fraction of sp³-hybridized carbons (Fsp3) is 0.611. The van der Waals surface area contributed by atoms with E-state index in [9.17, 15) is 0 Å². The first-order chi connectivity index (χ1) is 10.1. The largest absolute Gasteiger partial charge is 0.326 e. The smallest absolute Gasteiger partial charge is 0.127 e. The van der Waals surface area contributed by atoms with Crippen LogP contribution in [0.2, 0.25) is 0 Å². The first-order valence-corrected chi connectivity index (χ1v) is 8.60. The Morgan fingerprint density at radius 2 is 2.10 bits per heavy atom. The summed E-state index contributed by atoms with van der Waals surface area (Å²) in [4.78, 5) is 4.79. The van der Waals surface area contributed by atoms with Gasteiger partial charge < -0.3 is 4.57 Å². The summed E-state index contributed by atoms with van der Waals surface area (Å²) in [5, 5.41) is -0.0448. The second-order valence-electron chi connectivity index (χ2n) is 6.71. The van der Waals surface area contributed by atoms with E-state index in [1.165, 1.54) is 36.8 Å². The number of aromatic nitrogens is 2. The summed E-state index contributed by atoms with van der Waals surface area (Å²) in [6.07, 6.45) is 5.46. The first-order valence-electron chi connectivity index (χ1n) is 8.17. The van der Waals surface area contributed by atoms with Crippen molar-refractivity contribution in [1.82, 2.24) is 9.55 Å². The Hall–Kier alpha value is -1.02. The van der Waals surface area contributed by atoms with E-state index < -0.39 is 0 Å². The van der Waals surface area contributed by atoms with Gasteiger partial charge in [-0.15, -0.1) is 11.6 Å². The molecule has 2 aromatic rings. The van der Waals surface area contributed by atoms with E-state index in [0.717, 1.165) is 29.7 Å². The molecule has 0 saturated heterocycles. The van der Waals surface area contributed by atoms with Crippen molar-refractivity contribution in [3.63, 3.8) is 0 Å². The first kappa shape index (κ1) is 14.9. The summed E-state index contributed by atoms with van der Waals surface area (Å²) in [7, 11) is 0. The van der Waals surface area contributed by atoms with Crippen molar-refractivity contribution in [3.8, 4) is 0 Å². The highest BCUT2D eigenvalue weighted by atomic mass is 35.5. The monoisotopic (exact) mass is 304 g/mol. The van der Waals surface area contributed by atoms with Crippen molar-refractivity contribution in [3.05, 3.63) is 29.6 Å². The SMILES string of the molecule is Cc1ccc2c(c1)nc(C(C)Cl)n2CC1CCCCC1C. The molecule has 3 unspecified atom stereocenters. The predicted octanol–water partition coefficient (Wildman–Crippen LogP) is 5.47. The van der Waals surface area contributed by atoms with E-state index >= 15 is 0 Å². The van der Waals surface area contributed by atoms with Crippen LogP contribution in [0.4, 0.5) is 0 Å². The molecule has 1 fully saturated rings. The lowest BCUT2D eigenvalue weighted by molar-refractivity contribution is 0.228. The Balaban J connectivity index is 2.00. The molecule has 0 radical (unpaired) electrons. The van der Waals surface area contributed by atoms with Crippen LogP contribution in [-0.2, 0) is 6.54 Å². The van der Waals surface area contributed by atoms with Crippen LogP contribution in [0.3, 0.4) is 0 Å². The Morgan fingerprint density at radius 3 is 2.81 bits per heavy atom. The number of halogens is 1. The summed E-state index contributed by atoms with van der Waals surface area (Å²) >= 11 is 6.39. The van der Waals surface area contributed by atoms with Crippen LogP contribution < -0.4 is 0 Å². The van der Waals surface area contributed by atoms with Crippen LogP contribution in [0.25, 0.3) is 11.0 Å². The molecule has 0 aliphatic heterocycles. The van der Waals surface area contributed by atoms with Gasteiger partial charge in [-0.2, -0.15) is 0 Å². The van der Waals surface area contributed by atoms with Gasteiger partial charge in [0.25, 0.3) is 0 Å². The van der Waals surface area contributed by atoms with Crippen LogP contribution in [0.1, 0.15) is 56.3 Å². The third-order valence-corrected chi connectivity index (χ3v) is 5.19. The number of fused-ring (bicyclic) bond motifs is 1. The highest BCUT2D eigenvalue weighted by Crippen LogP contribution is 2.33. The highest BCUT2D eigenvalue weighted by molar-refractivity contribution is 6.20. The van der Waals surface area contributed by atoms with Crippen LogP contribution in [0.15, 0.2) is 18.2 Å². The summed E-state index contributed by atoms with van der Waals surface area (Å²) in [5.41, 5.74) is 3.58. The number of imidazole rings is 1. The van der Waals surface area contributed by atoms with Gasteiger partial charge in [-0.1, -0.05) is 32.3 Å². The third kappa shape index (κ3) is 2.96. The minimum atomic E-state index is -0.0448. The van der Waals surface area contributed by atoms with Crippen molar-refractivity contribution in [2.45, 2.75) is 58.4 Å². The second-order valence-corrected chi connectivity index (χ2v) is 7.37. The number of nitrogens with zero attached hydrogens (tertiary/aromatic N) is 2. The Kier molecular flexibility index (Phi) is 4.26. The van der Waals surface area contributed by atoms with E-state index in [1.807, 2.05) is 6.92 Å². The van der Waals surface area contributed by atoms with Crippen molar-refractivity contribution in [2.75, 3.05) is 0 Å². The molecule has 3 atom stereocenters. The lowest BCUT2D eigenvalue weighted by atomic mass is 9.80. The van der Waals surface area contributed by atoms with E-state index in [-0.39, 0.29) is 5.38 Å². The van der Waals surface area contributed by atoms with Gasteiger partial charge in [0, 0.05) is 6.54 Å². The van der Waals surface area contributed by atoms with Crippen molar-refractivity contribution in [1.29, 1.82) is 0 Å². The molecule has 1 heterocycles. The van der Waals surface area contributed by atoms with Gasteiger partial charge in [-0.05, 0) is 49.8 Å². The van der Waals surface area contributed by atoms with Gasteiger partial charge in [0.1, 0.15) is 5.82 Å². The van der Waals surface area contributed by atoms with Gasteiger partial charge in [0.2, 0.25) is 0 Å². The molecule has 1 aromatic heterocycles. The third-order valence-electron chi connectivity index (χ3n) is 5.00. The molecule has 114 valence electrons. The maximum Gasteiger partial charge on any atom is 0.127 e. The molecule has 1 aromatic carbocycles. The maximum absolute atomic E-state index is 6.39. The molecular weight excluding hydrogens is 280 g/mol. The van der Waals surface area contributed by atoms with E-state index in [1.54, 1.807) is 0 Å². The van der Waals surface area contributed by atoms with E-state index in [0.29, 0.717) is 0 Å². The van der Waals surface area contributed by atoms with Gasteiger partial charge >= 0.3 is 0 Å². The van der Waals surface area contributed by atoms with Crippen LogP contribution in [-0.4, -0.2) is 9.55 Å². The summed E-state index contributed by atoms with van der Waals surface area (Å²) < 4.78 is 2.37.